The smallest absolute Gasteiger partial charge is 0.243 e. The Morgan fingerprint density at radius 3 is 2.44 bits per heavy atom. The lowest BCUT2D eigenvalue weighted by atomic mass is 10.2. The van der Waals surface area contributed by atoms with E-state index in [1.165, 1.54) is 4.90 Å². The molecule has 0 aliphatic rings. The predicted molar refractivity (Wildman–Crippen MR) is 87.5 cm³/mol. The number of hydrogen-bond donors (Lipinski definition) is 2. The number of nitrogens with one attached hydrogen (secondary N) is 2. The molecule has 106 valence electrons. The van der Waals surface area contributed by atoms with Crippen molar-refractivity contribution in [2.75, 3.05) is 33.7 Å². The fraction of sp³-hybridized carbons (Fsp3) is 0.667. The minimum atomic E-state index is -0.0192. The molecular formula is C12H25IN4O. The van der Waals surface area contributed by atoms with Crippen molar-refractivity contribution in [3.8, 4) is 0 Å². The molecule has 0 saturated heterocycles. The van der Waals surface area contributed by atoms with E-state index < -0.39 is 0 Å². The first-order valence-corrected chi connectivity index (χ1v) is 5.80. The first-order valence-electron chi connectivity index (χ1n) is 5.80. The maximum absolute atomic E-state index is 11.4. The third-order valence-electron chi connectivity index (χ3n) is 1.96. The lowest BCUT2D eigenvalue weighted by Gasteiger charge is -2.14. The third-order valence-corrected chi connectivity index (χ3v) is 1.96. The van der Waals surface area contributed by atoms with Gasteiger partial charge >= 0.3 is 0 Å². The minimum Gasteiger partial charge on any atom is -0.356 e. The van der Waals surface area contributed by atoms with Gasteiger partial charge in [-0.05, 0) is 5.92 Å². The van der Waals surface area contributed by atoms with Crippen LogP contribution in [0.15, 0.2) is 17.6 Å². The number of halogens is 1. The highest BCUT2D eigenvalue weighted by molar-refractivity contribution is 14.0. The van der Waals surface area contributed by atoms with Gasteiger partial charge in [0.15, 0.2) is 5.96 Å². The molecule has 6 heteroatoms. The van der Waals surface area contributed by atoms with Crippen molar-refractivity contribution in [2.45, 2.75) is 13.8 Å². The van der Waals surface area contributed by atoms with Crippen molar-refractivity contribution in [3.63, 3.8) is 0 Å². The van der Waals surface area contributed by atoms with E-state index in [2.05, 4.69) is 36.1 Å². The summed E-state index contributed by atoms with van der Waals surface area (Å²) in [6.45, 7) is 9.45. The summed E-state index contributed by atoms with van der Waals surface area (Å²) in [6, 6.07) is 0. The number of rotatable bonds is 6. The van der Waals surface area contributed by atoms with Crippen LogP contribution in [0, 0.1) is 5.92 Å². The van der Waals surface area contributed by atoms with E-state index in [1.807, 2.05) is 0 Å². The van der Waals surface area contributed by atoms with Gasteiger partial charge in [-0.15, -0.1) is 30.6 Å². The Hall–Kier alpha value is -0.790. The van der Waals surface area contributed by atoms with Crippen molar-refractivity contribution in [2.24, 2.45) is 10.9 Å². The van der Waals surface area contributed by atoms with E-state index in [-0.39, 0.29) is 36.4 Å². The zero-order valence-electron chi connectivity index (χ0n) is 11.7. The molecule has 0 aromatic carbocycles. The molecule has 0 radical (unpaired) electrons. The molecule has 0 aliphatic carbocycles. The summed E-state index contributed by atoms with van der Waals surface area (Å²) in [5.41, 5.74) is 0. The molecule has 18 heavy (non-hydrogen) atoms. The van der Waals surface area contributed by atoms with Gasteiger partial charge in [-0.1, -0.05) is 19.9 Å². The number of likely N-dealkylation sites (N-methyl/N-ethyl adjacent to an activating group) is 1. The van der Waals surface area contributed by atoms with Crippen LogP contribution in [0.4, 0.5) is 0 Å². The fourth-order valence-corrected chi connectivity index (χ4v) is 0.932. The van der Waals surface area contributed by atoms with Crippen LogP contribution in [-0.2, 0) is 4.79 Å². The lowest BCUT2D eigenvalue weighted by Crippen LogP contribution is -2.40. The van der Waals surface area contributed by atoms with Crippen molar-refractivity contribution in [1.82, 2.24) is 15.5 Å². The quantitative estimate of drug-likeness (QED) is 0.319. The number of guanidine groups is 1. The Labute approximate surface area is 127 Å². The van der Waals surface area contributed by atoms with Crippen LogP contribution in [-0.4, -0.2) is 50.5 Å². The molecule has 0 aliphatic heterocycles. The van der Waals surface area contributed by atoms with Crippen LogP contribution >= 0.6 is 24.0 Å². The SMILES string of the molecule is C=CCNC(=NCC(=O)N(C)C)NCC(C)C.I. The van der Waals surface area contributed by atoms with Crippen molar-refractivity contribution < 1.29 is 4.79 Å². The number of nitrogens with zero attached hydrogens (tertiary/aromatic N) is 2. The Kier molecular flexibility index (Phi) is 12.3. The highest BCUT2D eigenvalue weighted by Crippen LogP contribution is 1.87. The molecular weight excluding hydrogens is 343 g/mol. The maximum atomic E-state index is 11.4. The van der Waals surface area contributed by atoms with Crippen molar-refractivity contribution in [1.29, 1.82) is 0 Å². The Morgan fingerprint density at radius 2 is 2.00 bits per heavy atom. The van der Waals surface area contributed by atoms with E-state index in [1.54, 1.807) is 20.2 Å². The predicted octanol–water partition coefficient (Wildman–Crippen LogP) is 1.07. The second-order valence-corrected chi connectivity index (χ2v) is 4.40. The molecule has 0 fully saturated rings. The molecule has 0 atom stereocenters. The van der Waals surface area contributed by atoms with Gasteiger partial charge in [0.1, 0.15) is 6.54 Å². The number of aliphatic imine (C=N–C) groups is 1. The first kappa shape index (κ1) is 19.5. The summed E-state index contributed by atoms with van der Waals surface area (Å²) < 4.78 is 0. The van der Waals surface area contributed by atoms with Crippen LogP contribution in [0.3, 0.4) is 0 Å². The average molecular weight is 368 g/mol. The van der Waals surface area contributed by atoms with Gasteiger partial charge in [-0.3, -0.25) is 4.79 Å². The summed E-state index contributed by atoms with van der Waals surface area (Å²) in [5.74, 6) is 1.15. The molecule has 0 aromatic heterocycles. The van der Waals surface area contributed by atoms with Gasteiger partial charge in [-0.25, -0.2) is 4.99 Å². The number of hydrogen-bond acceptors (Lipinski definition) is 2. The number of carbonyl (C=O) groups excluding carboxylic acids is 1. The largest absolute Gasteiger partial charge is 0.356 e. The van der Waals surface area contributed by atoms with E-state index in [0.717, 1.165) is 6.54 Å². The zero-order valence-corrected chi connectivity index (χ0v) is 14.0. The highest BCUT2D eigenvalue weighted by atomic mass is 127. The topological polar surface area (TPSA) is 56.7 Å². The molecule has 5 nitrogen and oxygen atoms in total. The van der Waals surface area contributed by atoms with Crippen LogP contribution < -0.4 is 10.6 Å². The zero-order chi connectivity index (χ0) is 13.3. The molecule has 0 heterocycles. The summed E-state index contributed by atoms with van der Waals surface area (Å²) in [7, 11) is 3.44. The molecule has 0 bridgehead atoms. The van der Waals surface area contributed by atoms with Crippen LogP contribution in [0.2, 0.25) is 0 Å². The van der Waals surface area contributed by atoms with E-state index in [9.17, 15) is 4.79 Å². The minimum absolute atomic E-state index is 0. The second-order valence-electron chi connectivity index (χ2n) is 4.40. The van der Waals surface area contributed by atoms with E-state index >= 15 is 0 Å². The number of amides is 1. The van der Waals surface area contributed by atoms with Crippen LogP contribution in [0.5, 0.6) is 0 Å². The summed E-state index contributed by atoms with van der Waals surface area (Å²) in [6.07, 6.45) is 1.75. The standard InChI is InChI=1S/C12H24N4O.HI/c1-6-7-13-12(14-8-10(2)3)15-9-11(17)16(4)5;/h6,10H,1,7-9H2,2-5H3,(H2,13,14,15);1H. The normalized spacial score (nSPS) is 10.6. The molecule has 1 amide bonds. The Balaban J connectivity index is 0. The molecule has 0 unspecified atom stereocenters. The highest BCUT2D eigenvalue weighted by Gasteiger charge is 2.04. The van der Waals surface area contributed by atoms with Crippen LogP contribution in [0.1, 0.15) is 13.8 Å². The van der Waals surface area contributed by atoms with E-state index in [0.29, 0.717) is 18.4 Å². The third kappa shape index (κ3) is 10.4. The molecule has 0 rings (SSSR count). The van der Waals surface area contributed by atoms with Crippen LogP contribution in [0.25, 0.3) is 0 Å². The monoisotopic (exact) mass is 368 g/mol. The van der Waals surface area contributed by atoms with Gasteiger partial charge in [0.25, 0.3) is 0 Å². The Bertz CT molecular complexity index is 277. The van der Waals surface area contributed by atoms with Crippen molar-refractivity contribution in [3.05, 3.63) is 12.7 Å². The fourth-order valence-electron chi connectivity index (χ4n) is 0.932. The van der Waals surface area contributed by atoms with Crippen molar-refractivity contribution >= 4 is 35.8 Å². The Morgan fingerprint density at radius 1 is 1.39 bits per heavy atom. The van der Waals surface area contributed by atoms with Gasteiger partial charge < -0.3 is 15.5 Å². The van der Waals surface area contributed by atoms with Gasteiger partial charge in [0.05, 0.1) is 0 Å². The summed E-state index contributed by atoms with van der Waals surface area (Å²) in [4.78, 5) is 17.1. The maximum Gasteiger partial charge on any atom is 0.243 e. The molecule has 2 N–H and O–H groups in total. The molecule has 0 spiro atoms. The van der Waals surface area contributed by atoms with Gasteiger partial charge in [0.2, 0.25) is 5.91 Å². The number of carbonyl (C=O) groups is 1. The summed E-state index contributed by atoms with van der Waals surface area (Å²) in [5, 5.41) is 6.24. The van der Waals surface area contributed by atoms with E-state index in [4.69, 9.17) is 0 Å². The lowest BCUT2D eigenvalue weighted by molar-refractivity contribution is -0.127. The summed E-state index contributed by atoms with van der Waals surface area (Å²) >= 11 is 0. The van der Waals surface area contributed by atoms with Gasteiger partial charge in [0, 0.05) is 27.2 Å². The molecule has 0 saturated carbocycles. The van der Waals surface area contributed by atoms with Gasteiger partial charge in [-0.2, -0.15) is 0 Å². The molecule has 0 aromatic rings. The average Bonchev–Trinajstić information content (AvgIpc) is 2.27. The second kappa shape index (κ2) is 11.3. The first-order chi connectivity index (χ1) is 7.97.